The molecule has 0 fully saturated rings. The molecule has 24 heavy (non-hydrogen) atoms. The number of hydrogen-bond donors (Lipinski definition) is 1. The standard InChI is InChI=1S/C21H21NOS/c1-14-10-15(2)21(16(3)11-14)22-20(23)13-24-19-9-8-17-6-4-5-7-18(17)12-19/h4-12H,13H2,1-3H3,(H,22,23). The number of aryl methyl sites for hydroxylation is 3. The van der Waals surface area contributed by atoms with Crippen LogP contribution in [0.2, 0.25) is 0 Å². The summed E-state index contributed by atoms with van der Waals surface area (Å²) in [7, 11) is 0. The number of carbonyl (C=O) groups excluding carboxylic acids is 1. The molecule has 0 saturated heterocycles. The summed E-state index contributed by atoms with van der Waals surface area (Å²) in [4.78, 5) is 13.4. The molecule has 0 atom stereocenters. The summed E-state index contributed by atoms with van der Waals surface area (Å²) in [6.45, 7) is 6.14. The summed E-state index contributed by atoms with van der Waals surface area (Å²) >= 11 is 1.57. The summed E-state index contributed by atoms with van der Waals surface area (Å²) in [6.07, 6.45) is 0. The van der Waals surface area contributed by atoms with Gasteiger partial charge < -0.3 is 5.32 Å². The van der Waals surface area contributed by atoms with Crippen molar-refractivity contribution in [3.8, 4) is 0 Å². The fourth-order valence-electron chi connectivity index (χ4n) is 2.96. The van der Waals surface area contributed by atoms with Crippen LogP contribution in [0.5, 0.6) is 0 Å². The zero-order valence-corrected chi connectivity index (χ0v) is 15.0. The monoisotopic (exact) mass is 335 g/mol. The average molecular weight is 335 g/mol. The zero-order chi connectivity index (χ0) is 17.1. The highest BCUT2D eigenvalue weighted by atomic mass is 32.2. The molecule has 0 radical (unpaired) electrons. The number of anilines is 1. The van der Waals surface area contributed by atoms with Crippen LogP contribution >= 0.6 is 11.8 Å². The molecule has 0 aliphatic rings. The molecule has 3 aromatic carbocycles. The highest BCUT2D eigenvalue weighted by molar-refractivity contribution is 8.00. The van der Waals surface area contributed by atoms with Gasteiger partial charge in [-0.15, -0.1) is 11.8 Å². The lowest BCUT2D eigenvalue weighted by atomic mass is 10.1. The van der Waals surface area contributed by atoms with E-state index in [2.05, 4.69) is 54.7 Å². The van der Waals surface area contributed by atoms with E-state index >= 15 is 0 Å². The van der Waals surface area contributed by atoms with Gasteiger partial charge in [0, 0.05) is 10.6 Å². The Hall–Kier alpha value is -2.26. The van der Waals surface area contributed by atoms with E-state index in [0.29, 0.717) is 5.75 Å². The van der Waals surface area contributed by atoms with E-state index in [4.69, 9.17) is 0 Å². The maximum absolute atomic E-state index is 12.3. The molecule has 1 N–H and O–H groups in total. The molecule has 0 bridgehead atoms. The van der Waals surface area contributed by atoms with E-state index in [9.17, 15) is 4.79 Å². The third kappa shape index (κ3) is 3.80. The molecule has 3 aromatic rings. The summed E-state index contributed by atoms with van der Waals surface area (Å²) in [5, 5.41) is 5.47. The quantitative estimate of drug-likeness (QED) is 0.638. The van der Waals surface area contributed by atoms with Crippen LogP contribution < -0.4 is 5.32 Å². The Labute approximate surface area is 147 Å². The van der Waals surface area contributed by atoms with Crippen molar-refractivity contribution >= 4 is 34.1 Å². The molecule has 3 heteroatoms. The Morgan fingerprint density at radius 2 is 1.58 bits per heavy atom. The first-order chi connectivity index (χ1) is 11.5. The van der Waals surface area contributed by atoms with Crippen molar-refractivity contribution in [1.29, 1.82) is 0 Å². The van der Waals surface area contributed by atoms with Gasteiger partial charge in [-0.3, -0.25) is 4.79 Å². The number of amides is 1. The van der Waals surface area contributed by atoms with E-state index in [-0.39, 0.29) is 5.91 Å². The van der Waals surface area contributed by atoms with Gasteiger partial charge in [0.15, 0.2) is 0 Å². The SMILES string of the molecule is Cc1cc(C)c(NC(=O)CSc2ccc3ccccc3c2)c(C)c1. The Morgan fingerprint density at radius 1 is 0.917 bits per heavy atom. The van der Waals surface area contributed by atoms with Crippen LogP contribution in [0.4, 0.5) is 5.69 Å². The topological polar surface area (TPSA) is 29.1 Å². The van der Waals surface area contributed by atoms with Crippen LogP contribution in [0.1, 0.15) is 16.7 Å². The van der Waals surface area contributed by atoms with Crippen LogP contribution in [0.15, 0.2) is 59.5 Å². The van der Waals surface area contributed by atoms with Crippen molar-refractivity contribution in [2.75, 3.05) is 11.1 Å². The minimum atomic E-state index is 0.0308. The summed E-state index contributed by atoms with van der Waals surface area (Å²) in [5.74, 6) is 0.439. The molecule has 0 aliphatic carbocycles. The Bertz CT molecular complexity index is 878. The van der Waals surface area contributed by atoms with Gasteiger partial charge in [-0.1, -0.05) is 48.0 Å². The smallest absolute Gasteiger partial charge is 0.234 e. The van der Waals surface area contributed by atoms with Gasteiger partial charge in [-0.2, -0.15) is 0 Å². The highest BCUT2D eigenvalue weighted by Crippen LogP contribution is 2.25. The van der Waals surface area contributed by atoms with Crippen LogP contribution in [-0.4, -0.2) is 11.7 Å². The van der Waals surface area contributed by atoms with Crippen molar-refractivity contribution in [2.24, 2.45) is 0 Å². The summed E-state index contributed by atoms with van der Waals surface area (Å²) in [5.41, 5.74) is 4.37. The first kappa shape index (κ1) is 16.6. The highest BCUT2D eigenvalue weighted by Gasteiger charge is 2.09. The third-order valence-electron chi connectivity index (χ3n) is 4.03. The van der Waals surface area contributed by atoms with Crippen molar-refractivity contribution < 1.29 is 4.79 Å². The van der Waals surface area contributed by atoms with Crippen molar-refractivity contribution in [3.05, 3.63) is 71.3 Å². The molecule has 0 aromatic heterocycles. The van der Waals surface area contributed by atoms with Crippen LogP contribution in [0.25, 0.3) is 10.8 Å². The van der Waals surface area contributed by atoms with Crippen LogP contribution in [0.3, 0.4) is 0 Å². The van der Waals surface area contributed by atoms with E-state index in [1.165, 1.54) is 16.3 Å². The predicted molar refractivity (Wildman–Crippen MR) is 104 cm³/mol. The fourth-order valence-corrected chi connectivity index (χ4v) is 3.70. The Morgan fingerprint density at radius 3 is 2.29 bits per heavy atom. The first-order valence-corrected chi connectivity index (χ1v) is 9.01. The van der Waals surface area contributed by atoms with Gasteiger partial charge in [0.05, 0.1) is 5.75 Å². The zero-order valence-electron chi connectivity index (χ0n) is 14.2. The second kappa shape index (κ2) is 7.10. The van der Waals surface area contributed by atoms with E-state index in [0.717, 1.165) is 21.7 Å². The van der Waals surface area contributed by atoms with Crippen LogP contribution in [-0.2, 0) is 4.79 Å². The maximum Gasteiger partial charge on any atom is 0.234 e. The number of thioether (sulfide) groups is 1. The molecule has 0 aliphatic heterocycles. The van der Waals surface area contributed by atoms with Gasteiger partial charge in [-0.05, 0) is 54.8 Å². The van der Waals surface area contributed by atoms with Crippen LogP contribution in [0, 0.1) is 20.8 Å². The van der Waals surface area contributed by atoms with Crippen molar-refractivity contribution in [2.45, 2.75) is 25.7 Å². The summed E-state index contributed by atoms with van der Waals surface area (Å²) in [6, 6.07) is 18.8. The average Bonchev–Trinajstić information content (AvgIpc) is 2.56. The molecule has 0 saturated carbocycles. The molecule has 122 valence electrons. The molecule has 0 unspecified atom stereocenters. The van der Waals surface area contributed by atoms with Crippen molar-refractivity contribution in [3.63, 3.8) is 0 Å². The van der Waals surface area contributed by atoms with Gasteiger partial charge in [-0.25, -0.2) is 0 Å². The minimum Gasteiger partial charge on any atom is -0.325 e. The van der Waals surface area contributed by atoms with E-state index < -0.39 is 0 Å². The molecule has 1 amide bonds. The lowest BCUT2D eigenvalue weighted by Gasteiger charge is -2.12. The minimum absolute atomic E-state index is 0.0308. The second-order valence-electron chi connectivity index (χ2n) is 6.12. The number of nitrogens with one attached hydrogen (secondary N) is 1. The Kier molecular flexibility index (Phi) is 4.91. The fraction of sp³-hybridized carbons (Fsp3) is 0.190. The third-order valence-corrected chi connectivity index (χ3v) is 5.03. The van der Waals surface area contributed by atoms with Gasteiger partial charge >= 0.3 is 0 Å². The number of hydrogen-bond acceptors (Lipinski definition) is 2. The number of carbonyl (C=O) groups is 1. The Balaban J connectivity index is 1.67. The lowest BCUT2D eigenvalue weighted by Crippen LogP contribution is -2.15. The molecule has 3 rings (SSSR count). The van der Waals surface area contributed by atoms with E-state index in [1.807, 2.05) is 26.0 Å². The van der Waals surface area contributed by atoms with E-state index in [1.54, 1.807) is 11.8 Å². The number of fused-ring (bicyclic) bond motifs is 1. The van der Waals surface area contributed by atoms with Crippen molar-refractivity contribution in [1.82, 2.24) is 0 Å². The predicted octanol–water partition coefficient (Wildman–Crippen LogP) is 5.50. The molecular weight excluding hydrogens is 314 g/mol. The second-order valence-corrected chi connectivity index (χ2v) is 7.17. The van der Waals surface area contributed by atoms with Gasteiger partial charge in [0.2, 0.25) is 5.91 Å². The molecule has 0 spiro atoms. The number of benzene rings is 3. The van der Waals surface area contributed by atoms with Gasteiger partial charge in [0.25, 0.3) is 0 Å². The lowest BCUT2D eigenvalue weighted by molar-refractivity contribution is -0.113. The molecular formula is C21H21NOS. The molecule has 2 nitrogen and oxygen atoms in total. The number of rotatable bonds is 4. The normalized spacial score (nSPS) is 10.8. The summed E-state index contributed by atoms with van der Waals surface area (Å²) < 4.78 is 0. The largest absolute Gasteiger partial charge is 0.325 e. The van der Waals surface area contributed by atoms with Gasteiger partial charge in [0.1, 0.15) is 0 Å². The first-order valence-electron chi connectivity index (χ1n) is 8.02. The molecule has 0 heterocycles. The maximum atomic E-state index is 12.3.